The highest BCUT2D eigenvalue weighted by molar-refractivity contribution is 8.00. The fraction of sp³-hybridized carbons (Fsp3) is 0.188. The topological polar surface area (TPSA) is 102 Å². The van der Waals surface area contributed by atoms with Crippen LogP contribution in [0.2, 0.25) is 5.02 Å². The van der Waals surface area contributed by atoms with E-state index in [-0.39, 0.29) is 23.1 Å². The van der Waals surface area contributed by atoms with Gasteiger partial charge in [-0.25, -0.2) is 0 Å². The van der Waals surface area contributed by atoms with Gasteiger partial charge in [0.25, 0.3) is 5.78 Å². The van der Waals surface area contributed by atoms with Crippen LogP contribution in [0.4, 0.5) is 5.13 Å². The van der Waals surface area contributed by atoms with Gasteiger partial charge in [-0.2, -0.15) is 0 Å². The summed E-state index contributed by atoms with van der Waals surface area (Å²) < 4.78 is 12.2. The first kappa shape index (κ1) is 30.3. The average Bonchev–Trinajstić information content (AvgIpc) is 3.58. The molecule has 0 saturated carbocycles. The lowest BCUT2D eigenvalue weighted by molar-refractivity contribution is -0.132. The second kappa shape index (κ2) is 13.5. The number of aliphatic hydroxyl groups excluding tert-OH is 1. The standard InChI is InChI=1S/C32H28ClN3O5S2/c1-4-16-41-24-15-14-21(17-25(24)40-5-2)27-26(28(37)20-12-10-19(3)11-13-20)29(38)30(39)36(27)31-34-35-32(43-31)42-18-22-8-6-7-9-23(22)33/h4,6-15,17,27,37H,1,5,16,18H2,2-3H3/b28-26+. The Labute approximate surface area is 262 Å². The molecule has 0 aliphatic carbocycles. The Balaban J connectivity index is 1.58. The number of Topliss-reactive ketones (excluding diaryl/α,β-unsaturated/α-hetero) is 1. The fourth-order valence-electron chi connectivity index (χ4n) is 4.56. The van der Waals surface area contributed by atoms with Gasteiger partial charge >= 0.3 is 5.91 Å². The molecule has 1 aromatic heterocycles. The largest absolute Gasteiger partial charge is 0.507 e. The zero-order chi connectivity index (χ0) is 30.5. The fourth-order valence-corrected chi connectivity index (χ4v) is 6.71. The molecule has 0 radical (unpaired) electrons. The zero-order valence-corrected chi connectivity index (χ0v) is 25.8. The SMILES string of the molecule is C=CCOc1ccc(C2/C(=C(\O)c3ccc(C)cc3)C(=O)C(=O)N2c2nnc(SCc3ccccc3Cl)s2)cc1OCC. The highest BCUT2D eigenvalue weighted by Crippen LogP contribution is 2.45. The van der Waals surface area contributed by atoms with E-state index in [2.05, 4.69) is 16.8 Å². The van der Waals surface area contributed by atoms with E-state index >= 15 is 0 Å². The molecule has 5 rings (SSSR count). The van der Waals surface area contributed by atoms with Crippen LogP contribution in [0.3, 0.4) is 0 Å². The third-order valence-corrected chi connectivity index (χ3v) is 9.09. The van der Waals surface area contributed by atoms with Gasteiger partial charge in [-0.3, -0.25) is 14.5 Å². The van der Waals surface area contributed by atoms with Gasteiger partial charge in [0, 0.05) is 16.3 Å². The van der Waals surface area contributed by atoms with Crippen LogP contribution in [-0.4, -0.2) is 40.2 Å². The van der Waals surface area contributed by atoms with Gasteiger partial charge in [-0.1, -0.05) is 101 Å². The van der Waals surface area contributed by atoms with Crippen molar-refractivity contribution < 1.29 is 24.2 Å². The predicted molar refractivity (Wildman–Crippen MR) is 170 cm³/mol. The number of rotatable bonds is 11. The molecule has 43 heavy (non-hydrogen) atoms. The first-order valence-corrected chi connectivity index (χ1v) is 15.6. The molecule has 1 aliphatic heterocycles. The number of aromatic nitrogens is 2. The summed E-state index contributed by atoms with van der Waals surface area (Å²) >= 11 is 8.91. The van der Waals surface area contributed by atoms with Crippen LogP contribution in [0.15, 0.2) is 89.3 Å². The van der Waals surface area contributed by atoms with Gasteiger partial charge in [0.2, 0.25) is 5.13 Å². The molecule has 2 heterocycles. The number of thioether (sulfide) groups is 1. The van der Waals surface area contributed by atoms with Crippen LogP contribution in [0.1, 0.15) is 35.2 Å². The summed E-state index contributed by atoms with van der Waals surface area (Å²) in [5.41, 5.74) is 2.81. The van der Waals surface area contributed by atoms with E-state index in [1.165, 1.54) is 28.0 Å². The molecule has 0 spiro atoms. The van der Waals surface area contributed by atoms with Crippen molar-refractivity contribution in [2.75, 3.05) is 18.1 Å². The lowest BCUT2D eigenvalue weighted by atomic mass is 9.95. The van der Waals surface area contributed by atoms with Crippen LogP contribution in [-0.2, 0) is 15.3 Å². The second-order valence-corrected chi connectivity index (χ2v) is 12.1. The molecule has 1 amide bonds. The number of nitrogens with zero attached hydrogens (tertiary/aromatic N) is 3. The van der Waals surface area contributed by atoms with E-state index in [0.717, 1.165) is 11.1 Å². The molecular formula is C32H28ClN3O5S2. The maximum atomic E-state index is 13.6. The summed E-state index contributed by atoms with van der Waals surface area (Å²) in [6, 6.07) is 18.8. The lowest BCUT2D eigenvalue weighted by Crippen LogP contribution is -2.29. The molecule has 1 saturated heterocycles. The Bertz CT molecular complexity index is 1700. The van der Waals surface area contributed by atoms with Crippen molar-refractivity contribution in [3.05, 3.63) is 112 Å². The number of benzene rings is 3. The van der Waals surface area contributed by atoms with Crippen molar-refractivity contribution in [1.29, 1.82) is 0 Å². The minimum Gasteiger partial charge on any atom is -0.507 e. The molecule has 1 N–H and O–H groups in total. The Morgan fingerprint density at radius 2 is 1.86 bits per heavy atom. The number of hydrogen-bond donors (Lipinski definition) is 1. The van der Waals surface area contributed by atoms with Crippen molar-refractivity contribution in [2.24, 2.45) is 0 Å². The smallest absolute Gasteiger partial charge is 0.301 e. The third kappa shape index (κ3) is 6.46. The number of anilines is 1. The van der Waals surface area contributed by atoms with Crippen LogP contribution in [0.5, 0.6) is 11.5 Å². The highest BCUT2D eigenvalue weighted by Gasteiger charge is 2.48. The molecule has 4 aromatic rings. The Morgan fingerprint density at radius 1 is 1.09 bits per heavy atom. The van der Waals surface area contributed by atoms with E-state index in [1.54, 1.807) is 36.4 Å². The van der Waals surface area contributed by atoms with Crippen molar-refractivity contribution in [1.82, 2.24) is 10.2 Å². The molecule has 0 bridgehead atoms. The summed E-state index contributed by atoms with van der Waals surface area (Å²) in [5, 5.41) is 20.9. The Morgan fingerprint density at radius 3 is 2.58 bits per heavy atom. The molecule has 8 nitrogen and oxygen atoms in total. The number of carbonyl (C=O) groups is 2. The van der Waals surface area contributed by atoms with Crippen LogP contribution in [0.25, 0.3) is 5.76 Å². The van der Waals surface area contributed by atoms with Gasteiger partial charge < -0.3 is 14.6 Å². The van der Waals surface area contributed by atoms with Crippen LogP contribution < -0.4 is 14.4 Å². The Kier molecular flexibility index (Phi) is 9.49. The minimum absolute atomic E-state index is 0.0588. The monoisotopic (exact) mass is 633 g/mol. The summed E-state index contributed by atoms with van der Waals surface area (Å²) in [4.78, 5) is 28.5. The summed E-state index contributed by atoms with van der Waals surface area (Å²) in [6.45, 7) is 8.09. The molecule has 3 aromatic carbocycles. The van der Waals surface area contributed by atoms with Crippen molar-refractivity contribution >= 4 is 57.3 Å². The number of aliphatic hydroxyl groups is 1. The van der Waals surface area contributed by atoms with Gasteiger partial charge in [-0.05, 0) is 43.2 Å². The maximum Gasteiger partial charge on any atom is 0.301 e. The number of hydrogen-bond acceptors (Lipinski definition) is 9. The van der Waals surface area contributed by atoms with Gasteiger partial charge in [0.1, 0.15) is 12.4 Å². The number of ketones is 1. The number of halogens is 1. The highest BCUT2D eigenvalue weighted by atomic mass is 35.5. The number of carbonyl (C=O) groups excluding carboxylic acids is 2. The predicted octanol–water partition coefficient (Wildman–Crippen LogP) is 7.38. The van der Waals surface area contributed by atoms with Crippen molar-refractivity contribution in [3.63, 3.8) is 0 Å². The second-order valence-electron chi connectivity index (χ2n) is 9.50. The summed E-state index contributed by atoms with van der Waals surface area (Å²) in [5.74, 6) is -0.468. The molecule has 11 heteroatoms. The van der Waals surface area contributed by atoms with Crippen LogP contribution >= 0.6 is 34.7 Å². The van der Waals surface area contributed by atoms with E-state index in [4.69, 9.17) is 21.1 Å². The minimum atomic E-state index is -0.997. The number of amides is 1. The Hall–Kier alpha value is -4.12. The molecule has 1 fully saturated rings. The molecule has 1 unspecified atom stereocenters. The first-order chi connectivity index (χ1) is 20.8. The van der Waals surface area contributed by atoms with Crippen molar-refractivity contribution in [2.45, 2.75) is 30.0 Å². The quantitative estimate of drug-likeness (QED) is 0.0456. The van der Waals surface area contributed by atoms with Gasteiger partial charge in [0.15, 0.2) is 15.8 Å². The molecular weight excluding hydrogens is 606 g/mol. The summed E-state index contributed by atoms with van der Waals surface area (Å²) in [7, 11) is 0. The third-order valence-electron chi connectivity index (χ3n) is 6.62. The number of aryl methyl sites for hydroxylation is 1. The number of ether oxygens (including phenoxy) is 2. The average molecular weight is 634 g/mol. The van der Waals surface area contributed by atoms with Gasteiger partial charge in [0.05, 0.1) is 18.2 Å². The van der Waals surface area contributed by atoms with E-state index in [0.29, 0.717) is 44.3 Å². The first-order valence-electron chi connectivity index (χ1n) is 13.4. The molecule has 1 aliphatic rings. The van der Waals surface area contributed by atoms with Crippen molar-refractivity contribution in [3.8, 4) is 11.5 Å². The van der Waals surface area contributed by atoms with Crippen LogP contribution in [0, 0.1) is 6.92 Å². The van der Waals surface area contributed by atoms with E-state index in [9.17, 15) is 14.7 Å². The molecule has 220 valence electrons. The molecule has 1 atom stereocenters. The van der Waals surface area contributed by atoms with E-state index < -0.39 is 17.7 Å². The summed E-state index contributed by atoms with van der Waals surface area (Å²) in [6.07, 6.45) is 1.62. The zero-order valence-electron chi connectivity index (χ0n) is 23.5. The maximum absolute atomic E-state index is 13.6. The van der Waals surface area contributed by atoms with Gasteiger partial charge in [-0.15, -0.1) is 10.2 Å². The normalized spacial score (nSPS) is 16.0. The van der Waals surface area contributed by atoms with E-state index in [1.807, 2.05) is 50.2 Å². The lowest BCUT2D eigenvalue weighted by Gasteiger charge is -2.23.